The second-order valence-electron chi connectivity index (χ2n) is 8.25. The summed E-state index contributed by atoms with van der Waals surface area (Å²) in [4.78, 5) is 9.07. The van der Waals surface area contributed by atoms with Crippen molar-refractivity contribution in [2.24, 2.45) is 0 Å². The molecule has 0 unspecified atom stereocenters. The number of pyridine rings is 2. The molecule has 2 aromatic carbocycles. The van der Waals surface area contributed by atoms with Gasteiger partial charge in [0.1, 0.15) is 0 Å². The van der Waals surface area contributed by atoms with Crippen LogP contribution in [0.4, 0.5) is 11.4 Å². The van der Waals surface area contributed by atoms with E-state index in [2.05, 4.69) is 20.6 Å². The van der Waals surface area contributed by atoms with Crippen molar-refractivity contribution in [2.45, 2.75) is 37.9 Å². The number of nitrogens with zero attached hydrogens (tertiary/aromatic N) is 2. The van der Waals surface area contributed by atoms with E-state index in [0.29, 0.717) is 0 Å². The van der Waals surface area contributed by atoms with Crippen LogP contribution < -0.4 is 20.8 Å². The van der Waals surface area contributed by atoms with Crippen molar-refractivity contribution in [3.8, 4) is 0 Å². The summed E-state index contributed by atoms with van der Waals surface area (Å²) in [6.07, 6.45) is 1.35. The fourth-order valence-corrected chi connectivity index (χ4v) is 5.00. The number of hydrogen-bond acceptors (Lipinski definition) is 6. The van der Waals surface area contributed by atoms with Crippen LogP contribution in [0.15, 0.2) is 60.9 Å². The van der Waals surface area contributed by atoms with Gasteiger partial charge in [0.15, 0.2) is 0 Å². The molecular weight excluding hydrogens is 400 g/mol. The molecule has 6 nitrogen and oxygen atoms in total. The highest BCUT2D eigenvalue weighted by Gasteiger charge is 2.40. The van der Waals surface area contributed by atoms with E-state index < -0.39 is 24.0 Å². The quantitative estimate of drug-likeness (QED) is 0.492. The van der Waals surface area contributed by atoms with Crippen molar-refractivity contribution >= 4 is 33.2 Å². The summed E-state index contributed by atoms with van der Waals surface area (Å²) >= 11 is 0. The lowest BCUT2D eigenvalue weighted by atomic mass is 9.62. The number of benzene rings is 2. The van der Waals surface area contributed by atoms with E-state index in [1.807, 2.05) is 62.4 Å². The Bertz CT molecular complexity index is 1170. The zero-order valence-electron chi connectivity index (χ0n) is 18.2. The number of rotatable bonds is 6. The predicted octanol–water partition coefficient (Wildman–Crippen LogP) is 2.99. The monoisotopic (exact) mass is 426 g/mol. The van der Waals surface area contributed by atoms with Gasteiger partial charge in [0.05, 0.1) is 11.0 Å². The van der Waals surface area contributed by atoms with E-state index in [-0.39, 0.29) is 0 Å². The molecule has 4 aromatic rings. The van der Waals surface area contributed by atoms with E-state index >= 15 is 0 Å². The average Bonchev–Trinajstić information content (AvgIpc) is 2.82. The SMILES string of the molecule is CCNc1ccc(C2C([O-])C(c3ccc(NCC)c4cccnc34)C2[O-])c2ncccc12. The fourth-order valence-electron chi connectivity index (χ4n) is 5.00. The van der Waals surface area contributed by atoms with Crippen molar-refractivity contribution in [3.05, 3.63) is 72.1 Å². The molecule has 0 amide bonds. The molecule has 2 heterocycles. The number of nitrogens with one attached hydrogen (secondary N) is 2. The number of anilines is 2. The van der Waals surface area contributed by atoms with Crippen LogP contribution in [0.3, 0.4) is 0 Å². The Balaban J connectivity index is 1.54. The van der Waals surface area contributed by atoms with Gasteiger partial charge in [-0.25, -0.2) is 0 Å². The van der Waals surface area contributed by atoms with Gasteiger partial charge in [-0.1, -0.05) is 12.1 Å². The molecule has 5 rings (SSSR count). The van der Waals surface area contributed by atoms with Crippen LogP contribution in [0, 0.1) is 0 Å². The second kappa shape index (κ2) is 8.37. The van der Waals surface area contributed by atoms with E-state index in [0.717, 1.165) is 57.4 Å². The van der Waals surface area contributed by atoms with Gasteiger partial charge < -0.3 is 20.8 Å². The van der Waals surface area contributed by atoms with Crippen molar-refractivity contribution in [1.82, 2.24) is 9.97 Å². The zero-order chi connectivity index (χ0) is 22.2. The average molecular weight is 427 g/mol. The minimum Gasteiger partial charge on any atom is -0.851 e. The van der Waals surface area contributed by atoms with E-state index in [9.17, 15) is 10.2 Å². The van der Waals surface area contributed by atoms with Crippen molar-refractivity contribution in [3.63, 3.8) is 0 Å². The summed E-state index contributed by atoms with van der Waals surface area (Å²) in [5, 5.41) is 35.5. The van der Waals surface area contributed by atoms with Crippen molar-refractivity contribution in [2.75, 3.05) is 23.7 Å². The first-order chi connectivity index (χ1) is 15.7. The van der Waals surface area contributed by atoms with Crippen LogP contribution in [-0.4, -0.2) is 35.3 Å². The number of aromatic nitrogens is 2. The molecule has 164 valence electrons. The van der Waals surface area contributed by atoms with Crippen molar-refractivity contribution in [1.29, 1.82) is 0 Å². The summed E-state index contributed by atoms with van der Waals surface area (Å²) < 4.78 is 0. The lowest BCUT2D eigenvalue weighted by molar-refractivity contribution is -0.535. The van der Waals surface area contributed by atoms with Gasteiger partial charge in [-0.2, -0.15) is 0 Å². The molecular formula is C26H26N4O2-2. The smallest absolute Gasteiger partial charge is 0.0756 e. The molecule has 1 saturated carbocycles. The Labute approximate surface area is 187 Å². The van der Waals surface area contributed by atoms with Gasteiger partial charge >= 0.3 is 0 Å². The van der Waals surface area contributed by atoms with Gasteiger partial charge in [0, 0.05) is 47.6 Å². The molecule has 1 aliphatic carbocycles. The Morgan fingerprint density at radius 1 is 0.688 bits per heavy atom. The highest BCUT2D eigenvalue weighted by molar-refractivity contribution is 5.95. The highest BCUT2D eigenvalue weighted by atomic mass is 16.3. The third-order valence-electron chi connectivity index (χ3n) is 6.47. The minimum absolute atomic E-state index is 0.625. The molecule has 1 fully saturated rings. The lowest BCUT2D eigenvalue weighted by Gasteiger charge is -2.61. The molecule has 6 heteroatoms. The van der Waals surface area contributed by atoms with Crippen LogP contribution in [0.1, 0.15) is 36.8 Å². The molecule has 32 heavy (non-hydrogen) atoms. The molecule has 0 spiro atoms. The first kappa shape index (κ1) is 20.7. The van der Waals surface area contributed by atoms with Gasteiger partial charge in [-0.05, 0) is 73.2 Å². The fraction of sp³-hybridized carbons (Fsp3) is 0.308. The third kappa shape index (κ3) is 3.18. The summed E-state index contributed by atoms with van der Waals surface area (Å²) in [6, 6.07) is 15.4. The molecule has 2 aromatic heterocycles. The van der Waals surface area contributed by atoms with Gasteiger partial charge in [-0.15, -0.1) is 12.2 Å². The largest absolute Gasteiger partial charge is 0.851 e. The number of hydrogen-bond donors (Lipinski definition) is 2. The minimum atomic E-state index is -1.04. The Kier molecular flexibility index (Phi) is 5.41. The van der Waals surface area contributed by atoms with Crippen LogP contribution in [0.2, 0.25) is 0 Å². The van der Waals surface area contributed by atoms with Crippen molar-refractivity contribution < 1.29 is 10.2 Å². The summed E-state index contributed by atoms with van der Waals surface area (Å²) in [6.45, 7) is 5.64. The predicted molar refractivity (Wildman–Crippen MR) is 125 cm³/mol. The summed E-state index contributed by atoms with van der Waals surface area (Å²) in [7, 11) is 0. The molecule has 0 saturated heterocycles. The van der Waals surface area contributed by atoms with Crippen LogP contribution in [0.25, 0.3) is 21.8 Å². The maximum absolute atomic E-state index is 13.5. The van der Waals surface area contributed by atoms with E-state index in [1.165, 1.54) is 0 Å². The Morgan fingerprint density at radius 3 is 1.53 bits per heavy atom. The van der Waals surface area contributed by atoms with Gasteiger partial charge in [0.2, 0.25) is 0 Å². The molecule has 0 radical (unpaired) electrons. The molecule has 1 aliphatic rings. The standard InChI is InChI=1S/C26H26N4O2/c1-3-27-19-11-9-17(23-15(19)7-5-13-29-23)21-25(31)22(26(21)32)18-10-12-20(28-4-2)16-8-6-14-30-24(16)18/h5-14,21-22,25-28H,3-4H2,1-2H3/q-2. The van der Waals surface area contributed by atoms with E-state index in [1.54, 1.807) is 12.4 Å². The Morgan fingerprint density at radius 2 is 1.12 bits per heavy atom. The topological polar surface area (TPSA) is 96.0 Å². The van der Waals surface area contributed by atoms with Crippen LogP contribution >= 0.6 is 0 Å². The second-order valence-corrected chi connectivity index (χ2v) is 8.25. The highest BCUT2D eigenvalue weighted by Crippen LogP contribution is 2.49. The molecule has 2 N–H and O–H groups in total. The lowest BCUT2D eigenvalue weighted by Crippen LogP contribution is -2.63. The summed E-state index contributed by atoms with van der Waals surface area (Å²) in [5.74, 6) is -1.25. The maximum Gasteiger partial charge on any atom is 0.0756 e. The molecule has 0 aliphatic heterocycles. The Hall–Kier alpha value is -3.22. The maximum atomic E-state index is 13.5. The van der Waals surface area contributed by atoms with Gasteiger partial charge in [0.25, 0.3) is 0 Å². The summed E-state index contributed by atoms with van der Waals surface area (Å²) in [5.41, 5.74) is 4.91. The van der Waals surface area contributed by atoms with Gasteiger partial charge in [-0.3, -0.25) is 9.97 Å². The normalized spacial score (nSPS) is 22.6. The van der Waals surface area contributed by atoms with Crippen LogP contribution in [-0.2, 0) is 0 Å². The number of fused-ring (bicyclic) bond motifs is 2. The third-order valence-corrected chi connectivity index (χ3v) is 6.47. The first-order valence-electron chi connectivity index (χ1n) is 11.2. The van der Waals surface area contributed by atoms with E-state index in [4.69, 9.17) is 0 Å². The first-order valence-corrected chi connectivity index (χ1v) is 11.2. The molecule has 0 atom stereocenters. The van der Waals surface area contributed by atoms with Crippen LogP contribution in [0.5, 0.6) is 0 Å². The molecule has 0 bridgehead atoms. The zero-order valence-corrected chi connectivity index (χ0v) is 18.2.